The zero-order valence-corrected chi connectivity index (χ0v) is 11.0. The van der Waals surface area contributed by atoms with Crippen LogP contribution in [0.15, 0.2) is 43.0 Å². The molecule has 0 saturated carbocycles. The van der Waals surface area contributed by atoms with Gasteiger partial charge in [0.05, 0.1) is 0 Å². The molecule has 0 aliphatic heterocycles. The zero-order chi connectivity index (χ0) is 8.53. The van der Waals surface area contributed by atoms with Crippen LogP contribution in [0.5, 0.6) is 0 Å². The first-order chi connectivity index (χ1) is 5.27. The first kappa shape index (κ1) is 14.5. The van der Waals surface area contributed by atoms with Crippen molar-refractivity contribution in [3.05, 3.63) is 43.0 Å². The van der Waals surface area contributed by atoms with Crippen LogP contribution in [-0.2, 0) is 21.1 Å². The maximum absolute atomic E-state index is 3.63. The second-order valence-corrected chi connectivity index (χ2v) is 5.48. The fraction of sp³-hybridized carbons (Fsp3) is 0.300. The van der Waals surface area contributed by atoms with Gasteiger partial charge in [0.25, 0.3) is 0 Å². The minimum Gasteiger partial charge on any atom is -0.214 e. The normalized spacial score (nSPS) is 7.92. The number of hydrogen-bond acceptors (Lipinski definition) is 0. The van der Waals surface area contributed by atoms with E-state index in [-0.39, 0.29) is 29.9 Å². The van der Waals surface area contributed by atoms with E-state index < -0.39 is 0 Å². The van der Waals surface area contributed by atoms with Crippen LogP contribution in [0.4, 0.5) is 0 Å². The topological polar surface area (TPSA) is 0 Å². The number of rotatable bonds is 2. The second-order valence-electron chi connectivity index (χ2n) is 2.66. The van der Waals surface area contributed by atoms with E-state index >= 15 is 0 Å². The molecule has 71 valence electrons. The number of hydrogen-bond donors (Lipinski definition) is 0. The van der Waals surface area contributed by atoms with Gasteiger partial charge in [0.2, 0.25) is 0 Å². The van der Waals surface area contributed by atoms with E-state index in [1.807, 2.05) is 36.4 Å². The van der Waals surface area contributed by atoms with Crippen LogP contribution < -0.4 is 0 Å². The Kier molecular flexibility index (Phi) is 13.3. The van der Waals surface area contributed by atoms with Crippen molar-refractivity contribution in [2.24, 2.45) is 0 Å². The second kappa shape index (κ2) is 11.0. The van der Waals surface area contributed by atoms with Gasteiger partial charge in [0.1, 0.15) is 0 Å². The summed E-state index contributed by atoms with van der Waals surface area (Å²) >= 11 is 0. The molecule has 0 unspecified atom stereocenters. The standard InChI is InChI=1S/C5H11Si.C5H5.Pt/c1-4-5-6(2)3;1-2-4-5-3-1;/h4H,1,5H2,2-3H3;1-5H;/q;-1;. The van der Waals surface area contributed by atoms with Crippen molar-refractivity contribution in [2.45, 2.75) is 19.1 Å². The summed E-state index contributed by atoms with van der Waals surface area (Å²) in [5, 5.41) is 0. The summed E-state index contributed by atoms with van der Waals surface area (Å²) in [5.41, 5.74) is 0. The molecule has 12 heavy (non-hydrogen) atoms. The molecule has 0 nitrogen and oxygen atoms in total. The monoisotopic (exact) mass is 359 g/mol. The van der Waals surface area contributed by atoms with Gasteiger partial charge in [-0.2, -0.15) is 18.2 Å². The molecule has 0 aliphatic carbocycles. The molecule has 1 rings (SSSR count). The summed E-state index contributed by atoms with van der Waals surface area (Å²) in [4.78, 5) is 0. The average Bonchev–Trinajstić information content (AvgIpc) is 2.41. The Labute approximate surface area is 91.9 Å². The molecule has 1 aromatic carbocycles. The van der Waals surface area contributed by atoms with Crippen molar-refractivity contribution in [1.29, 1.82) is 0 Å². The fourth-order valence-corrected chi connectivity index (χ4v) is 1.19. The van der Waals surface area contributed by atoms with Gasteiger partial charge >= 0.3 is 0 Å². The van der Waals surface area contributed by atoms with Gasteiger partial charge in [0.15, 0.2) is 0 Å². The Balaban J connectivity index is 0. The van der Waals surface area contributed by atoms with Crippen molar-refractivity contribution in [3.63, 3.8) is 0 Å². The first-order valence-corrected chi connectivity index (χ1v) is 6.54. The Morgan fingerprint density at radius 2 is 1.83 bits per heavy atom. The first-order valence-electron chi connectivity index (χ1n) is 3.84. The predicted molar refractivity (Wildman–Crippen MR) is 54.5 cm³/mol. The minimum absolute atomic E-state index is 0. The molecule has 0 atom stereocenters. The third-order valence-corrected chi connectivity index (χ3v) is 2.21. The van der Waals surface area contributed by atoms with Gasteiger partial charge in [-0.3, -0.25) is 0 Å². The molecule has 0 spiro atoms. The van der Waals surface area contributed by atoms with Gasteiger partial charge in [-0.05, 0) is 6.04 Å². The maximum atomic E-state index is 3.63. The third-order valence-electron chi connectivity index (χ3n) is 1.11. The molecule has 0 fully saturated rings. The molecule has 0 bridgehead atoms. The summed E-state index contributed by atoms with van der Waals surface area (Å²) in [7, 11) is -0.00360. The quantitative estimate of drug-likeness (QED) is 0.432. The molecule has 0 amide bonds. The molecule has 0 aromatic heterocycles. The maximum Gasteiger partial charge on any atom is 0.0452 e. The van der Waals surface area contributed by atoms with E-state index in [1.165, 1.54) is 6.04 Å². The summed E-state index contributed by atoms with van der Waals surface area (Å²) in [6.07, 6.45) is 1.99. The van der Waals surface area contributed by atoms with Crippen molar-refractivity contribution in [3.8, 4) is 0 Å². The Morgan fingerprint density at radius 3 is 1.92 bits per heavy atom. The summed E-state index contributed by atoms with van der Waals surface area (Å²) in [6, 6.07) is 11.2. The molecule has 0 saturated heterocycles. The summed E-state index contributed by atoms with van der Waals surface area (Å²) in [5.74, 6) is 0. The van der Waals surface area contributed by atoms with E-state index in [2.05, 4.69) is 19.7 Å². The molecule has 1 radical (unpaired) electrons. The van der Waals surface area contributed by atoms with Gasteiger partial charge in [-0.15, -0.1) is 6.58 Å². The molecule has 0 aliphatic rings. The van der Waals surface area contributed by atoms with E-state index in [9.17, 15) is 0 Å². The van der Waals surface area contributed by atoms with Gasteiger partial charge in [0, 0.05) is 29.9 Å². The Hall–Kier alpha value is -0.00481. The molecule has 0 N–H and O–H groups in total. The third kappa shape index (κ3) is 12.7. The van der Waals surface area contributed by atoms with E-state index in [4.69, 9.17) is 0 Å². The molecule has 2 heteroatoms. The van der Waals surface area contributed by atoms with E-state index in [0.717, 1.165) is 0 Å². The van der Waals surface area contributed by atoms with Crippen LogP contribution in [0.2, 0.25) is 19.1 Å². The predicted octanol–water partition coefficient (Wildman–Crippen LogP) is 3.33. The van der Waals surface area contributed by atoms with Gasteiger partial charge in [-0.1, -0.05) is 19.2 Å². The van der Waals surface area contributed by atoms with Crippen molar-refractivity contribution in [2.75, 3.05) is 0 Å². The Bertz CT molecular complexity index is 139. The van der Waals surface area contributed by atoms with Crippen molar-refractivity contribution in [1.82, 2.24) is 0 Å². The van der Waals surface area contributed by atoms with Crippen LogP contribution in [0.3, 0.4) is 0 Å². The van der Waals surface area contributed by atoms with E-state index in [0.29, 0.717) is 0 Å². The van der Waals surface area contributed by atoms with Gasteiger partial charge < -0.3 is 0 Å². The summed E-state index contributed by atoms with van der Waals surface area (Å²) in [6.45, 7) is 8.19. The van der Waals surface area contributed by atoms with Crippen LogP contribution in [0.25, 0.3) is 0 Å². The SMILES string of the molecule is C=CC[Si](C)C.[Pt].c1cc[cH-]c1. The zero-order valence-electron chi connectivity index (χ0n) is 7.69. The largest absolute Gasteiger partial charge is 0.214 e. The van der Waals surface area contributed by atoms with Crippen LogP contribution in [0.1, 0.15) is 0 Å². The molecular weight excluding hydrogens is 343 g/mol. The molecule has 0 heterocycles. The number of allylic oxidation sites excluding steroid dienone is 1. The minimum atomic E-state index is -0.00360. The van der Waals surface area contributed by atoms with Crippen LogP contribution in [-0.4, -0.2) is 8.80 Å². The van der Waals surface area contributed by atoms with Crippen molar-refractivity contribution < 1.29 is 21.1 Å². The van der Waals surface area contributed by atoms with Gasteiger partial charge in [-0.25, -0.2) is 12.1 Å². The fourth-order valence-electron chi connectivity index (χ4n) is 0.609. The molecular formula is C10H16PtSi-. The summed E-state index contributed by atoms with van der Waals surface area (Å²) < 4.78 is 0. The van der Waals surface area contributed by atoms with Crippen molar-refractivity contribution >= 4 is 8.80 Å². The Morgan fingerprint density at radius 1 is 1.33 bits per heavy atom. The van der Waals surface area contributed by atoms with E-state index in [1.54, 1.807) is 0 Å². The smallest absolute Gasteiger partial charge is 0.0452 e. The molecule has 1 aromatic rings. The van der Waals surface area contributed by atoms with Crippen LogP contribution >= 0.6 is 0 Å². The average molecular weight is 359 g/mol. The van der Waals surface area contributed by atoms with Crippen LogP contribution in [0, 0.1) is 0 Å².